The molecule has 0 fully saturated rings. The number of carbonyl (C=O) groups is 3. The first-order valence-corrected chi connectivity index (χ1v) is 14.6. The van der Waals surface area contributed by atoms with Crippen molar-refractivity contribution in [2.45, 2.75) is 10.1 Å². The van der Waals surface area contributed by atoms with E-state index in [9.17, 15) is 14.4 Å². The Morgan fingerprint density at radius 1 is 0.581 bits per heavy atom. The Kier molecular flexibility index (Phi) is 9.80. The van der Waals surface area contributed by atoms with E-state index in [1.54, 1.807) is 42.5 Å². The fourth-order valence-corrected chi connectivity index (χ4v) is 5.26. The van der Waals surface area contributed by atoms with E-state index in [0.717, 1.165) is 21.7 Å². The van der Waals surface area contributed by atoms with Crippen LogP contribution in [0, 0.1) is 0 Å². The molecule has 0 spiro atoms. The van der Waals surface area contributed by atoms with Crippen molar-refractivity contribution in [1.82, 2.24) is 5.32 Å². The van der Waals surface area contributed by atoms with Crippen molar-refractivity contribution in [2.75, 3.05) is 10.6 Å². The van der Waals surface area contributed by atoms with Crippen LogP contribution in [0.25, 0.3) is 6.08 Å². The van der Waals surface area contributed by atoms with Crippen molar-refractivity contribution in [3.05, 3.63) is 168 Å². The number of carbonyl (C=O) groups excluding carboxylic acids is 3. The fourth-order valence-electron chi connectivity index (χ4n) is 4.24. The predicted octanol–water partition coefficient (Wildman–Crippen LogP) is 7.57. The number of hydrogen-bond acceptors (Lipinski definition) is 4. The monoisotopic (exact) mass is 583 g/mol. The van der Waals surface area contributed by atoms with Gasteiger partial charge in [-0.25, -0.2) is 0 Å². The van der Waals surface area contributed by atoms with Crippen LogP contribution >= 0.6 is 11.8 Å². The third kappa shape index (κ3) is 8.31. The van der Waals surface area contributed by atoms with E-state index >= 15 is 0 Å². The largest absolute Gasteiger partial charge is 0.325 e. The van der Waals surface area contributed by atoms with E-state index < -0.39 is 11.2 Å². The first-order valence-electron chi connectivity index (χ1n) is 13.7. The van der Waals surface area contributed by atoms with Gasteiger partial charge in [0.2, 0.25) is 5.91 Å². The molecule has 6 nitrogen and oxygen atoms in total. The fraction of sp³-hybridized carbons (Fsp3) is 0.0278. The van der Waals surface area contributed by atoms with Gasteiger partial charge in [-0.3, -0.25) is 14.4 Å². The van der Waals surface area contributed by atoms with Crippen molar-refractivity contribution >= 4 is 46.9 Å². The minimum Gasteiger partial charge on any atom is -0.325 e. The molecule has 0 aromatic heterocycles. The third-order valence-corrected chi connectivity index (χ3v) is 7.65. The lowest BCUT2D eigenvalue weighted by Gasteiger charge is -2.17. The first-order chi connectivity index (χ1) is 21.0. The zero-order valence-electron chi connectivity index (χ0n) is 23.1. The van der Waals surface area contributed by atoms with Crippen LogP contribution in [0.15, 0.2) is 156 Å². The number of thioether (sulfide) groups is 1. The highest BCUT2D eigenvalue weighted by Crippen LogP contribution is 2.36. The van der Waals surface area contributed by atoms with E-state index in [-0.39, 0.29) is 17.5 Å². The summed E-state index contributed by atoms with van der Waals surface area (Å²) < 4.78 is 0. The first kappa shape index (κ1) is 29.1. The summed E-state index contributed by atoms with van der Waals surface area (Å²) in [7, 11) is 0. The minimum atomic E-state index is -0.490. The van der Waals surface area contributed by atoms with Crippen molar-refractivity contribution < 1.29 is 14.4 Å². The maximum absolute atomic E-state index is 13.3. The van der Waals surface area contributed by atoms with Crippen LogP contribution in [0.3, 0.4) is 0 Å². The molecule has 0 aliphatic heterocycles. The number of amides is 3. The SMILES string of the molecule is O=C(Nc1ccc(SC(C(=O)Nc2ccccc2)c2ccccc2)cc1)/C(=C/c1ccccc1)NC(=O)c1ccccc1. The van der Waals surface area contributed by atoms with E-state index in [1.165, 1.54) is 11.8 Å². The average molecular weight is 584 g/mol. The second kappa shape index (κ2) is 14.5. The maximum atomic E-state index is 13.3. The van der Waals surface area contributed by atoms with Gasteiger partial charge in [-0.1, -0.05) is 97.1 Å². The summed E-state index contributed by atoms with van der Waals surface area (Å²) in [5, 5.41) is 8.14. The summed E-state index contributed by atoms with van der Waals surface area (Å²) in [4.78, 5) is 40.4. The molecule has 5 aromatic rings. The smallest absolute Gasteiger partial charge is 0.272 e. The van der Waals surface area contributed by atoms with Crippen LogP contribution in [-0.2, 0) is 9.59 Å². The lowest BCUT2D eigenvalue weighted by molar-refractivity contribution is -0.116. The lowest BCUT2D eigenvalue weighted by atomic mass is 10.1. The Balaban J connectivity index is 1.31. The lowest BCUT2D eigenvalue weighted by Crippen LogP contribution is -2.30. The van der Waals surface area contributed by atoms with Gasteiger partial charge in [0, 0.05) is 21.8 Å². The Hall–Kier alpha value is -5.40. The number of rotatable bonds is 10. The van der Waals surface area contributed by atoms with Gasteiger partial charge >= 0.3 is 0 Å². The predicted molar refractivity (Wildman–Crippen MR) is 174 cm³/mol. The topological polar surface area (TPSA) is 87.3 Å². The van der Waals surface area contributed by atoms with Crippen molar-refractivity contribution in [2.24, 2.45) is 0 Å². The van der Waals surface area contributed by atoms with Gasteiger partial charge in [-0.2, -0.15) is 0 Å². The molecule has 212 valence electrons. The molecular formula is C36H29N3O3S. The molecule has 3 N–H and O–H groups in total. The summed E-state index contributed by atoms with van der Waals surface area (Å²) in [5.41, 5.74) is 3.48. The summed E-state index contributed by atoms with van der Waals surface area (Å²) in [6.45, 7) is 0. The van der Waals surface area contributed by atoms with Crippen LogP contribution in [0.2, 0.25) is 0 Å². The summed E-state index contributed by atoms with van der Waals surface area (Å²) >= 11 is 1.42. The summed E-state index contributed by atoms with van der Waals surface area (Å²) in [6, 6.07) is 44.3. The van der Waals surface area contributed by atoms with Gasteiger partial charge in [-0.05, 0) is 65.7 Å². The maximum Gasteiger partial charge on any atom is 0.272 e. The standard InChI is InChI=1S/C36H29N3O3S/c40-34(28-17-9-3-10-18-28)39-32(25-26-13-5-1-6-14-26)35(41)37-30-21-23-31(24-22-30)43-33(27-15-7-2-8-16-27)36(42)38-29-19-11-4-12-20-29/h1-25,33H,(H,37,41)(H,38,42)(H,39,40)/b32-25-. The molecule has 3 amide bonds. The van der Waals surface area contributed by atoms with E-state index in [2.05, 4.69) is 16.0 Å². The molecule has 1 unspecified atom stereocenters. The number of para-hydroxylation sites is 1. The van der Waals surface area contributed by atoms with Gasteiger partial charge in [0.25, 0.3) is 11.8 Å². The number of nitrogens with one attached hydrogen (secondary N) is 3. The molecule has 1 atom stereocenters. The molecule has 0 heterocycles. The van der Waals surface area contributed by atoms with Gasteiger partial charge in [0.05, 0.1) is 0 Å². The number of anilines is 2. The van der Waals surface area contributed by atoms with Crippen molar-refractivity contribution in [1.29, 1.82) is 0 Å². The average Bonchev–Trinajstić information content (AvgIpc) is 3.05. The Labute approximate surface area is 254 Å². The molecule has 0 saturated carbocycles. The van der Waals surface area contributed by atoms with Crippen LogP contribution < -0.4 is 16.0 Å². The minimum absolute atomic E-state index is 0.111. The number of benzene rings is 5. The molecular weight excluding hydrogens is 554 g/mol. The molecule has 0 radical (unpaired) electrons. The summed E-state index contributed by atoms with van der Waals surface area (Å²) in [5.74, 6) is -0.979. The van der Waals surface area contributed by atoms with E-state index in [1.807, 2.05) is 109 Å². The molecule has 7 heteroatoms. The molecule has 0 aliphatic carbocycles. The van der Waals surface area contributed by atoms with E-state index in [0.29, 0.717) is 11.3 Å². The van der Waals surface area contributed by atoms with Crippen LogP contribution in [0.5, 0.6) is 0 Å². The number of hydrogen-bond donors (Lipinski definition) is 3. The second-order valence-electron chi connectivity index (χ2n) is 9.53. The quantitative estimate of drug-likeness (QED) is 0.117. The molecule has 43 heavy (non-hydrogen) atoms. The molecule has 5 aromatic carbocycles. The zero-order valence-corrected chi connectivity index (χ0v) is 24.0. The third-order valence-electron chi connectivity index (χ3n) is 6.39. The van der Waals surface area contributed by atoms with Gasteiger partial charge in [0.15, 0.2) is 0 Å². The molecule has 0 saturated heterocycles. The van der Waals surface area contributed by atoms with Crippen molar-refractivity contribution in [3.63, 3.8) is 0 Å². The molecule has 5 rings (SSSR count). The van der Waals surface area contributed by atoms with Crippen LogP contribution in [0.4, 0.5) is 11.4 Å². The summed E-state index contributed by atoms with van der Waals surface area (Å²) in [6.07, 6.45) is 1.64. The highest BCUT2D eigenvalue weighted by atomic mass is 32.2. The second-order valence-corrected chi connectivity index (χ2v) is 10.7. The van der Waals surface area contributed by atoms with Crippen LogP contribution in [0.1, 0.15) is 26.7 Å². The Bertz CT molecular complexity index is 1690. The zero-order chi connectivity index (χ0) is 29.9. The Morgan fingerprint density at radius 3 is 1.74 bits per heavy atom. The Morgan fingerprint density at radius 2 is 1.12 bits per heavy atom. The highest BCUT2D eigenvalue weighted by Gasteiger charge is 2.22. The van der Waals surface area contributed by atoms with Gasteiger partial charge in [-0.15, -0.1) is 11.8 Å². The molecule has 0 aliphatic rings. The van der Waals surface area contributed by atoms with Crippen LogP contribution in [-0.4, -0.2) is 17.7 Å². The van der Waals surface area contributed by atoms with Crippen molar-refractivity contribution in [3.8, 4) is 0 Å². The highest BCUT2D eigenvalue weighted by molar-refractivity contribution is 8.00. The molecule has 0 bridgehead atoms. The van der Waals surface area contributed by atoms with Gasteiger partial charge in [0.1, 0.15) is 10.9 Å². The van der Waals surface area contributed by atoms with Gasteiger partial charge < -0.3 is 16.0 Å². The van der Waals surface area contributed by atoms with E-state index in [4.69, 9.17) is 0 Å². The normalized spacial score (nSPS) is 11.7.